The number of carbonyl (C=O) groups excluding carboxylic acids is 2. The minimum atomic E-state index is -0.323. The second kappa shape index (κ2) is 7.45. The number of oxazole rings is 1. The van der Waals surface area contributed by atoms with Gasteiger partial charge >= 0.3 is 6.09 Å². The van der Waals surface area contributed by atoms with Crippen molar-refractivity contribution in [2.24, 2.45) is 0 Å². The fourth-order valence-electron chi connectivity index (χ4n) is 3.95. The van der Waals surface area contributed by atoms with Crippen LogP contribution in [0.5, 0.6) is 0 Å². The molecule has 2 aromatic heterocycles. The van der Waals surface area contributed by atoms with Crippen molar-refractivity contribution in [3.8, 4) is 0 Å². The van der Waals surface area contributed by atoms with Gasteiger partial charge in [-0.05, 0) is 51.9 Å². The van der Waals surface area contributed by atoms with Crippen LogP contribution in [-0.2, 0) is 16.0 Å². The predicted octanol–water partition coefficient (Wildman–Crippen LogP) is 3.37. The summed E-state index contributed by atoms with van der Waals surface area (Å²) >= 11 is 0. The molecule has 3 aliphatic carbocycles. The van der Waals surface area contributed by atoms with E-state index in [0.29, 0.717) is 17.4 Å². The van der Waals surface area contributed by atoms with E-state index in [9.17, 15) is 9.59 Å². The van der Waals surface area contributed by atoms with Crippen LogP contribution >= 0.6 is 0 Å². The van der Waals surface area contributed by atoms with Gasteiger partial charge in [0.15, 0.2) is 11.7 Å². The van der Waals surface area contributed by atoms with E-state index in [1.165, 1.54) is 0 Å². The molecule has 5 rings (SSSR count). The van der Waals surface area contributed by atoms with Crippen LogP contribution in [0.3, 0.4) is 0 Å². The van der Waals surface area contributed by atoms with E-state index >= 15 is 0 Å². The number of nitrogens with one attached hydrogen (secondary N) is 3. The summed E-state index contributed by atoms with van der Waals surface area (Å²) in [5.74, 6) is 1.70. The molecule has 9 heteroatoms. The van der Waals surface area contributed by atoms with Gasteiger partial charge in [-0.2, -0.15) is 5.10 Å². The van der Waals surface area contributed by atoms with E-state index < -0.39 is 0 Å². The number of hydrogen-bond donors (Lipinski definition) is 3. The monoisotopic (exact) mass is 413 g/mol. The van der Waals surface area contributed by atoms with Crippen molar-refractivity contribution in [1.29, 1.82) is 0 Å². The molecule has 3 saturated carbocycles. The van der Waals surface area contributed by atoms with Gasteiger partial charge in [0.2, 0.25) is 5.91 Å². The van der Waals surface area contributed by atoms with Crippen LogP contribution in [0.2, 0.25) is 0 Å². The van der Waals surface area contributed by atoms with E-state index in [-0.39, 0.29) is 36.0 Å². The molecule has 2 aromatic rings. The Kier molecular flexibility index (Phi) is 4.75. The highest BCUT2D eigenvalue weighted by molar-refractivity contribution is 5.91. The van der Waals surface area contributed by atoms with E-state index in [2.05, 4.69) is 25.8 Å². The molecule has 0 aromatic carbocycles. The Morgan fingerprint density at radius 2 is 2.07 bits per heavy atom. The first-order valence-electron chi connectivity index (χ1n) is 10.7. The number of carbonyl (C=O) groups is 2. The number of hydrogen-bond acceptors (Lipinski definition) is 6. The minimum absolute atomic E-state index is 0.0724. The first kappa shape index (κ1) is 19.1. The number of ether oxygens (including phenoxy) is 1. The first-order chi connectivity index (χ1) is 14.5. The van der Waals surface area contributed by atoms with Gasteiger partial charge in [-0.1, -0.05) is 0 Å². The van der Waals surface area contributed by atoms with Gasteiger partial charge < -0.3 is 19.8 Å². The van der Waals surface area contributed by atoms with Gasteiger partial charge in [-0.15, -0.1) is 0 Å². The van der Waals surface area contributed by atoms with Gasteiger partial charge in [0.05, 0.1) is 12.1 Å². The zero-order chi connectivity index (χ0) is 20.7. The number of alkyl carbamates (subject to hydrolysis) is 1. The van der Waals surface area contributed by atoms with Gasteiger partial charge in [0, 0.05) is 29.1 Å². The van der Waals surface area contributed by atoms with Crippen molar-refractivity contribution < 1.29 is 18.7 Å². The molecule has 2 atom stereocenters. The van der Waals surface area contributed by atoms with Crippen LogP contribution in [-0.4, -0.2) is 38.8 Å². The second-order valence-corrected chi connectivity index (χ2v) is 9.11. The third kappa shape index (κ3) is 4.49. The maximum atomic E-state index is 12.3. The molecule has 3 fully saturated rings. The average Bonchev–Trinajstić information content (AvgIpc) is 3.47. The van der Waals surface area contributed by atoms with E-state index in [4.69, 9.17) is 9.15 Å². The van der Waals surface area contributed by atoms with Crippen LogP contribution in [0.25, 0.3) is 0 Å². The number of H-pyrrole nitrogens is 1. The zero-order valence-electron chi connectivity index (χ0n) is 17.1. The van der Waals surface area contributed by atoms with Crippen molar-refractivity contribution >= 4 is 17.8 Å². The van der Waals surface area contributed by atoms with E-state index in [1.807, 2.05) is 13.0 Å². The number of rotatable bonds is 7. The Morgan fingerprint density at radius 3 is 2.83 bits per heavy atom. The first-order valence-corrected chi connectivity index (χ1v) is 10.7. The normalized spacial score (nSPS) is 24.4. The molecular formula is C21H27N5O4. The summed E-state index contributed by atoms with van der Waals surface area (Å²) < 4.78 is 11.0. The summed E-state index contributed by atoms with van der Waals surface area (Å²) in [6.45, 7) is 2.03. The van der Waals surface area contributed by atoms with Gasteiger partial charge in [-0.25, -0.2) is 9.78 Å². The molecular weight excluding hydrogens is 386 g/mol. The molecule has 0 radical (unpaired) electrons. The van der Waals surface area contributed by atoms with Crippen molar-refractivity contribution in [2.75, 3.05) is 5.32 Å². The third-order valence-corrected chi connectivity index (χ3v) is 6.20. The lowest BCUT2D eigenvalue weighted by Gasteiger charge is -2.16. The van der Waals surface area contributed by atoms with Crippen molar-refractivity contribution in [3.05, 3.63) is 29.6 Å². The standard InChI is InChI=1S/C21H27N5O4/c1-21(6-7-21)24-20(28)30-15-5-4-13(8-15)16-10-17(26-25-16)23-18(27)9-14-11-29-19(22-14)12-2-3-12/h10-13,15H,2-9H2,1H3,(H,24,28)(H2,23,25,26,27)/t13-,15+/m0/s1. The second-order valence-electron chi connectivity index (χ2n) is 9.11. The Morgan fingerprint density at radius 1 is 1.27 bits per heavy atom. The molecule has 0 spiro atoms. The summed E-state index contributed by atoms with van der Waals surface area (Å²) in [5, 5.41) is 13.0. The molecule has 0 unspecified atom stereocenters. The average molecular weight is 413 g/mol. The molecule has 2 amide bonds. The predicted molar refractivity (Wildman–Crippen MR) is 107 cm³/mol. The van der Waals surface area contributed by atoms with Gasteiger partial charge in [0.1, 0.15) is 12.4 Å². The van der Waals surface area contributed by atoms with Crippen LogP contribution < -0.4 is 10.6 Å². The lowest BCUT2D eigenvalue weighted by molar-refractivity contribution is -0.115. The highest BCUT2D eigenvalue weighted by atomic mass is 16.6. The topological polar surface area (TPSA) is 122 Å². The van der Waals surface area contributed by atoms with Gasteiger partial charge in [0.25, 0.3) is 0 Å². The molecule has 0 bridgehead atoms. The largest absolute Gasteiger partial charge is 0.448 e. The summed E-state index contributed by atoms with van der Waals surface area (Å²) in [6.07, 6.45) is 8.03. The van der Waals surface area contributed by atoms with E-state index in [0.717, 1.165) is 56.5 Å². The molecule has 0 aliphatic heterocycles. The van der Waals surface area contributed by atoms with Crippen LogP contribution in [0.15, 0.2) is 16.7 Å². The molecule has 3 N–H and O–H groups in total. The summed E-state index contributed by atoms with van der Waals surface area (Å²) in [5.41, 5.74) is 1.51. The van der Waals surface area contributed by atoms with Gasteiger partial charge in [-0.3, -0.25) is 9.89 Å². The summed E-state index contributed by atoms with van der Waals surface area (Å²) in [4.78, 5) is 28.7. The smallest absolute Gasteiger partial charge is 0.407 e. The highest BCUT2D eigenvalue weighted by Gasteiger charge is 2.40. The van der Waals surface area contributed by atoms with Crippen LogP contribution in [0.4, 0.5) is 10.6 Å². The zero-order valence-corrected chi connectivity index (χ0v) is 17.1. The Labute approximate surface area is 174 Å². The minimum Gasteiger partial charge on any atom is -0.448 e. The number of aromatic nitrogens is 3. The quantitative estimate of drug-likeness (QED) is 0.640. The lowest BCUT2D eigenvalue weighted by atomic mass is 10.0. The van der Waals surface area contributed by atoms with Crippen molar-refractivity contribution in [2.45, 2.75) is 81.8 Å². The number of nitrogens with zero attached hydrogens (tertiary/aromatic N) is 2. The molecule has 0 saturated heterocycles. The fraction of sp³-hybridized carbons (Fsp3) is 0.619. The Balaban J connectivity index is 1.10. The molecule has 160 valence electrons. The molecule has 2 heterocycles. The number of amides is 2. The fourth-order valence-corrected chi connectivity index (χ4v) is 3.95. The summed E-state index contributed by atoms with van der Waals surface area (Å²) in [6, 6.07) is 1.86. The SMILES string of the molecule is CC1(NC(=O)O[C@@H]2CC[C@H](c3cc(NC(=O)Cc4coc(C5CC5)n4)n[nH]3)C2)CC1. The lowest BCUT2D eigenvalue weighted by Crippen LogP contribution is -2.36. The Bertz CT molecular complexity index is 943. The van der Waals surface area contributed by atoms with Crippen molar-refractivity contribution in [3.63, 3.8) is 0 Å². The maximum absolute atomic E-state index is 12.3. The highest BCUT2D eigenvalue weighted by Crippen LogP contribution is 2.39. The maximum Gasteiger partial charge on any atom is 0.407 e. The molecule has 3 aliphatic rings. The van der Waals surface area contributed by atoms with E-state index in [1.54, 1.807) is 6.26 Å². The number of aromatic amines is 1. The van der Waals surface area contributed by atoms with Crippen molar-refractivity contribution in [1.82, 2.24) is 20.5 Å². The van der Waals surface area contributed by atoms with Crippen LogP contribution in [0, 0.1) is 0 Å². The number of anilines is 1. The molecule has 30 heavy (non-hydrogen) atoms. The Hall–Kier alpha value is -2.84. The molecule has 9 nitrogen and oxygen atoms in total. The van der Waals surface area contributed by atoms with Crippen LogP contribution in [0.1, 0.15) is 81.0 Å². The third-order valence-electron chi connectivity index (χ3n) is 6.20. The summed E-state index contributed by atoms with van der Waals surface area (Å²) in [7, 11) is 0.